The average molecular weight is 762 g/mol. The van der Waals surface area contributed by atoms with Crippen LogP contribution in [-0.2, 0) is 14.3 Å². The quantitative estimate of drug-likeness (QED) is 0.134. The zero-order valence-corrected chi connectivity index (χ0v) is 32.7. The minimum absolute atomic E-state index is 0.104. The zero-order valence-electron chi connectivity index (χ0n) is 32.7. The number of carbonyl (C=O) groups excluding carboxylic acids is 3. The van der Waals surface area contributed by atoms with E-state index in [1.54, 1.807) is 11.1 Å². The predicted molar refractivity (Wildman–Crippen MR) is 218 cm³/mol. The highest BCUT2D eigenvalue weighted by Gasteiger charge is 2.38. The summed E-state index contributed by atoms with van der Waals surface area (Å²) in [5.41, 5.74) is 6.25. The van der Waals surface area contributed by atoms with Gasteiger partial charge >= 0.3 is 6.09 Å². The number of imidazole rings is 2. The van der Waals surface area contributed by atoms with Crippen LogP contribution in [0.5, 0.6) is 0 Å². The molecule has 0 radical (unpaired) electrons. The number of alkyl carbamates (subject to hydrolysis) is 1. The Morgan fingerprint density at radius 1 is 0.772 bits per heavy atom. The van der Waals surface area contributed by atoms with Crippen molar-refractivity contribution in [2.75, 3.05) is 20.2 Å². The molecule has 5 aromatic rings. The van der Waals surface area contributed by atoms with Crippen LogP contribution in [0, 0.1) is 29.6 Å². The average Bonchev–Trinajstić information content (AvgIpc) is 4.09. The number of ether oxygens (including phenoxy) is 1. The Hall–Kier alpha value is -6.59. The topological polar surface area (TPSA) is 136 Å². The summed E-state index contributed by atoms with van der Waals surface area (Å²) in [6.07, 6.45) is 6.23. The van der Waals surface area contributed by atoms with E-state index in [1.807, 2.05) is 92.5 Å². The summed E-state index contributed by atoms with van der Waals surface area (Å²) in [6, 6.07) is 25.1. The molecular formula is C46H47N7O4. The van der Waals surface area contributed by atoms with Crippen molar-refractivity contribution in [3.8, 4) is 46.1 Å². The minimum atomic E-state index is -0.705. The minimum Gasteiger partial charge on any atom is -0.453 e. The van der Waals surface area contributed by atoms with Crippen molar-refractivity contribution in [3.05, 3.63) is 120 Å². The summed E-state index contributed by atoms with van der Waals surface area (Å²) in [5, 5.41) is 2.68. The number of hydrogen-bond acceptors (Lipinski definition) is 6. The van der Waals surface area contributed by atoms with Crippen molar-refractivity contribution in [1.29, 1.82) is 0 Å². The van der Waals surface area contributed by atoms with E-state index in [-0.39, 0.29) is 35.7 Å². The first-order valence-electron chi connectivity index (χ1n) is 19.5. The van der Waals surface area contributed by atoms with Crippen LogP contribution < -0.4 is 5.32 Å². The Bertz CT molecular complexity index is 2340. The van der Waals surface area contributed by atoms with E-state index < -0.39 is 12.1 Å². The molecule has 2 fully saturated rings. The predicted octanol–water partition coefficient (Wildman–Crippen LogP) is 7.38. The second-order valence-corrected chi connectivity index (χ2v) is 14.9. The molecule has 2 aromatic heterocycles. The van der Waals surface area contributed by atoms with E-state index in [1.165, 1.54) is 7.11 Å². The molecule has 0 spiro atoms. The summed E-state index contributed by atoms with van der Waals surface area (Å²) in [6.45, 7) is 7.04. The van der Waals surface area contributed by atoms with E-state index in [4.69, 9.17) is 9.72 Å². The van der Waals surface area contributed by atoms with Crippen LogP contribution in [-0.4, -0.2) is 73.9 Å². The second-order valence-electron chi connectivity index (χ2n) is 14.9. The molecular weight excluding hydrogens is 715 g/mol. The lowest BCUT2D eigenvalue weighted by molar-refractivity contribution is -0.135. The first kappa shape index (κ1) is 38.7. The third-order valence-electron chi connectivity index (χ3n) is 10.8. The van der Waals surface area contributed by atoms with Crippen LogP contribution in [0.25, 0.3) is 22.4 Å². The number of aromatic amines is 2. The Morgan fingerprint density at radius 3 is 2.09 bits per heavy atom. The summed E-state index contributed by atoms with van der Waals surface area (Å²) in [4.78, 5) is 59.0. The first-order valence-corrected chi connectivity index (χ1v) is 19.5. The molecule has 4 atom stereocenters. The molecule has 57 heavy (non-hydrogen) atoms. The molecule has 3 amide bonds. The number of likely N-dealkylation sites (tertiary alicyclic amines) is 2. The summed E-state index contributed by atoms with van der Waals surface area (Å²) < 4.78 is 4.75. The summed E-state index contributed by atoms with van der Waals surface area (Å²) in [7, 11) is 1.28. The van der Waals surface area contributed by atoms with E-state index in [0.717, 1.165) is 65.0 Å². The van der Waals surface area contributed by atoms with Crippen molar-refractivity contribution < 1.29 is 19.1 Å². The van der Waals surface area contributed by atoms with E-state index in [9.17, 15) is 14.4 Å². The molecule has 4 heterocycles. The molecule has 2 aliphatic heterocycles. The van der Waals surface area contributed by atoms with E-state index >= 15 is 0 Å². The highest BCUT2D eigenvalue weighted by molar-refractivity contribution is 5.86. The Morgan fingerprint density at radius 2 is 1.40 bits per heavy atom. The summed E-state index contributed by atoms with van der Waals surface area (Å²) in [5.74, 6) is 13.4. The molecule has 1 unspecified atom stereocenters. The van der Waals surface area contributed by atoms with Gasteiger partial charge in [-0.15, -0.1) is 0 Å². The molecule has 11 nitrogen and oxygen atoms in total. The van der Waals surface area contributed by atoms with Crippen molar-refractivity contribution in [1.82, 2.24) is 35.1 Å². The number of H-pyrrole nitrogens is 2. The molecule has 290 valence electrons. The van der Waals surface area contributed by atoms with Crippen molar-refractivity contribution in [3.63, 3.8) is 0 Å². The van der Waals surface area contributed by atoms with Gasteiger partial charge < -0.3 is 29.8 Å². The highest BCUT2D eigenvalue weighted by Crippen LogP contribution is 2.36. The molecule has 11 heteroatoms. The molecule has 0 aliphatic carbocycles. The fraction of sp³-hybridized carbons (Fsp3) is 0.326. The van der Waals surface area contributed by atoms with Gasteiger partial charge in [0.05, 0.1) is 43.2 Å². The van der Waals surface area contributed by atoms with Gasteiger partial charge in [0.15, 0.2) is 0 Å². The Kier molecular flexibility index (Phi) is 11.9. The Labute approximate surface area is 333 Å². The van der Waals surface area contributed by atoms with Crippen LogP contribution in [0.4, 0.5) is 4.79 Å². The van der Waals surface area contributed by atoms with Crippen LogP contribution in [0.15, 0.2) is 91.3 Å². The maximum Gasteiger partial charge on any atom is 0.407 e. The molecule has 3 aromatic carbocycles. The van der Waals surface area contributed by atoms with Crippen molar-refractivity contribution >= 4 is 17.9 Å². The Balaban J connectivity index is 1.08. The zero-order chi connectivity index (χ0) is 39.9. The largest absolute Gasteiger partial charge is 0.453 e. The molecule has 3 N–H and O–H groups in total. The molecule has 0 saturated carbocycles. The van der Waals surface area contributed by atoms with Gasteiger partial charge in [0.25, 0.3) is 0 Å². The number of methoxy groups -OCH3 is 1. The standard InChI is InChI=1S/C46H47N7O4/c1-30(2)41(51-46(56)57-4)45(55)53-26-14-21-39(53)42-47-28-36(49-42)20-12-11-19-34-23-24-35(27-37(34)33-17-9-6-10-18-33)38-29-48-43(50-38)40-22-13-25-52(40)44(54)31(3)32-15-7-5-8-16-32/h5-10,15-18,23-24,27-31,39-41H,13-14,21-22,25-26H2,1-4H3,(H,47,49)(H,48,50)(H,51,56)/t31?,39-,40-,41-/m0/s1. The number of aromatic nitrogens is 4. The lowest BCUT2D eigenvalue weighted by atomic mass is 9.96. The SMILES string of the molecule is COC(=O)N[C@H](C(=O)N1CCC[C@H]1c1ncc(C#CC#Cc2ccc(-c3cnc([C@@H]4CCCN4C(=O)C(C)c4ccccc4)[nH]3)cc2-c2ccccc2)[nH]1)C(C)C. The lowest BCUT2D eigenvalue weighted by Crippen LogP contribution is -2.51. The van der Waals surface area contributed by atoms with Gasteiger partial charge in [-0.2, -0.15) is 0 Å². The third kappa shape index (κ3) is 8.63. The third-order valence-corrected chi connectivity index (χ3v) is 10.8. The fourth-order valence-corrected chi connectivity index (χ4v) is 7.74. The maximum atomic E-state index is 13.6. The molecule has 2 aliphatic rings. The lowest BCUT2D eigenvalue weighted by Gasteiger charge is -2.29. The molecule has 2 saturated heterocycles. The highest BCUT2D eigenvalue weighted by atomic mass is 16.5. The number of nitrogens with one attached hydrogen (secondary N) is 3. The first-order chi connectivity index (χ1) is 27.7. The maximum absolute atomic E-state index is 13.6. The number of carbonyl (C=O) groups is 3. The van der Waals surface area contributed by atoms with Crippen molar-refractivity contribution in [2.45, 2.75) is 70.5 Å². The van der Waals surface area contributed by atoms with Gasteiger partial charge in [-0.25, -0.2) is 14.8 Å². The smallest absolute Gasteiger partial charge is 0.407 e. The molecule has 0 bridgehead atoms. The van der Waals surface area contributed by atoms with Gasteiger partial charge in [0, 0.05) is 24.2 Å². The second kappa shape index (κ2) is 17.5. The summed E-state index contributed by atoms with van der Waals surface area (Å²) >= 11 is 0. The van der Waals surface area contributed by atoms with Gasteiger partial charge in [-0.1, -0.05) is 86.5 Å². The number of nitrogens with zero attached hydrogens (tertiary/aromatic N) is 4. The number of rotatable bonds is 9. The molecule has 7 rings (SSSR count). The number of hydrogen-bond donors (Lipinski definition) is 3. The number of amides is 3. The fourth-order valence-electron chi connectivity index (χ4n) is 7.74. The monoisotopic (exact) mass is 761 g/mol. The van der Waals surface area contributed by atoms with Crippen LogP contribution in [0.1, 0.15) is 92.9 Å². The van der Waals surface area contributed by atoms with E-state index in [0.29, 0.717) is 24.6 Å². The van der Waals surface area contributed by atoms with Crippen LogP contribution >= 0.6 is 0 Å². The van der Waals surface area contributed by atoms with Gasteiger partial charge in [-0.05, 0) is 85.1 Å². The van der Waals surface area contributed by atoms with Crippen molar-refractivity contribution in [2.24, 2.45) is 5.92 Å². The van der Waals surface area contributed by atoms with E-state index in [2.05, 4.69) is 62.1 Å². The normalized spacial score (nSPS) is 17.3. The number of benzene rings is 3. The van der Waals surface area contributed by atoms with Crippen LogP contribution in [0.2, 0.25) is 0 Å². The van der Waals surface area contributed by atoms with Gasteiger partial charge in [0.1, 0.15) is 23.4 Å². The van der Waals surface area contributed by atoms with Gasteiger partial charge in [0.2, 0.25) is 11.8 Å². The van der Waals surface area contributed by atoms with Crippen LogP contribution in [0.3, 0.4) is 0 Å². The van der Waals surface area contributed by atoms with Gasteiger partial charge in [-0.3, -0.25) is 9.59 Å².